The zero-order valence-corrected chi connectivity index (χ0v) is 34.0. The van der Waals surface area contributed by atoms with Crippen LogP contribution in [0.2, 0.25) is 10.0 Å². The first-order valence-electron chi connectivity index (χ1n) is 18.5. The van der Waals surface area contributed by atoms with Crippen molar-refractivity contribution in [3.63, 3.8) is 0 Å². The van der Waals surface area contributed by atoms with Gasteiger partial charge in [0.15, 0.2) is 0 Å². The molecule has 0 fully saturated rings. The van der Waals surface area contributed by atoms with Crippen molar-refractivity contribution in [2.24, 2.45) is 14.1 Å². The number of aromatic nitrogens is 4. The van der Waals surface area contributed by atoms with Crippen molar-refractivity contribution in [3.8, 4) is 16.9 Å². The van der Waals surface area contributed by atoms with Gasteiger partial charge in [-0.25, -0.2) is 0 Å². The normalized spacial score (nSPS) is 14.4. The predicted octanol–water partition coefficient (Wildman–Crippen LogP) is 9.72. The molecule has 7 rings (SSSR count). The molecule has 0 spiro atoms. The molecule has 1 atom stereocenters. The maximum Gasteiger partial charge on any atom is 0.302 e. The van der Waals surface area contributed by atoms with Gasteiger partial charge in [-0.3, -0.25) is 14.3 Å². The van der Waals surface area contributed by atoms with Crippen LogP contribution in [0.25, 0.3) is 32.9 Å². The molecule has 1 amide bonds. The first kappa shape index (κ1) is 37.6. The van der Waals surface area contributed by atoms with E-state index in [-0.39, 0.29) is 24.5 Å². The fraction of sp³-hybridized carbons (Fsp3) is 0.372. The molecule has 1 aliphatic heterocycles. The lowest BCUT2D eigenvalue weighted by Gasteiger charge is -2.35. The lowest BCUT2D eigenvalue weighted by Crippen LogP contribution is -2.43. The number of fused-ring (bicyclic) bond motifs is 4. The minimum atomic E-state index is -0.313. The molecule has 0 N–H and O–H groups in total. The van der Waals surface area contributed by atoms with Crippen LogP contribution in [0, 0.1) is 34.6 Å². The Morgan fingerprint density at radius 1 is 0.926 bits per heavy atom. The highest BCUT2D eigenvalue weighted by Crippen LogP contribution is 2.46. The van der Waals surface area contributed by atoms with Crippen molar-refractivity contribution >= 4 is 62.6 Å². The van der Waals surface area contributed by atoms with Gasteiger partial charge in [0.1, 0.15) is 11.4 Å². The van der Waals surface area contributed by atoms with Gasteiger partial charge in [0.05, 0.1) is 40.7 Å². The number of esters is 1. The van der Waals surface area contributed by atoms with E-state index in [1.54, 1.807) is 0 Å². The molecule has 9 nitrogen and oxygen atoms in total. The maximum absolute atomic E-state index is 15.3. The summed E-state index contributed by atoms with van der Waals surface area (Å²) in [4.78, 5) is 28.8. The minimum Gasteiger partial charge on any atom is -0.494 e. The highest BCUT2D eigenvalue weighted by molar-refractivity contribution is 6.35. The number of nitrogens with zero attached hydrogens (tertiary/aromatic N) is 5. The van der Waals surface area contributed by atoms with Crippen molar-refractivity contribution in [3.05, 3.63) is 97.5 Å². The Bertz CT molecular complexity index is 2470. The topological polar surface area (TPSA) is 83.5 Å². The van der Waals surface area contributed by atoms with Gasteiger partial charge in [0.2, 0.25) is 0 Å². The summed E-state index contributed by atoms with van der Waals surface area (Å²) in [5.74, 6) is 0.399. The Labute approximate surface area is 326 Å². The van der Waals surface area contributed by atoms with Crippen LogP contribution in [0.4, 0.5) is 5.69 Å². The summed E-state index contributed by atoms with van der Waals surface area (Å²) in [5.41, 5.74) is 12.2. The second kappa shape index (κ2) is 14.5. The molecule has 11 heteroatoms. The Balaban J connectivity index is 1.37. The summed E-state index contributed by atoms with van der Waals surface area (Å²) >= 11 is 13.6. The molecular formula is C43H47Cl2N5O4. The molecule has 4 heterocycles. The first-order chi connectivity index (χ1) is 25.7. The van der Waals surface area contributed by atoms with Crippen molar-refractivity contribution in [2.45, 2.75) is 73.8 Å². The summed E-state index contributed by atoms with van der Waals surface area (Å²) in [6.45, 7) is 14.9. The molecule has 3 aromatic heterocycles. The number of aryl methyl sites for hydroxylation is 7. The third kappa shape index (κ3) is 6.45. The molecule has 0 radical (unpaired) electrons. The first-order valence-corrected chi connectivity index (χ1v) is 19.2. The molecule has 3 aromatic carbocycles. The van der Waals surface area contributed by atoms with Crippen molar-refractivity contribution in [2.75, 3.05) is 24.7 Å². The van der Waals surface area contributed by atoms with Gasteiger partial charge in [-0.05, 0) is 113 Å². The monoisotopic (exact) mass is 767 g/mol. The SMILES string of the molecule is CC(=O)OCCc1cc(N2C[C@@H](C)n3c(c(CCCOc4cc(C)c(Cl)c(C)c4)c4ccc(Cl)c(-c5c(C)nn(C)c5C)c43)C2=O)c2c(c1)cc(C)n2C. The van der Waals surface area contributed by atoms with Crippen LogP contribution in [0.5, 0.6) is 5.75 Å². The van der Waals surface area contributed by atoms with E-state index in [4.69, 9.17) is 37.8 Å². The fourth-order valence-electron chi connectivity index (χ4n) is 8.28. The molecular weight excluding hydrogens is 721 g/mol. The molecule has 0 bridgehead atoms. The Kier molecular flexibility index (Phi) is 10.1. The summed E-state index contributed by atoms with van der Waals surface area (Å²) in [7, 11) is 3.98. The van der Waals surface area contributed by atoms with Gasteiger partial charge in [0, 0.05) is 78.3 Å². The third-order valence-corrected chi connectivity index (χ3v) is 11.9. The van der Waals surface area contributed by atoms with Crippen molar-refractivity contribution in [1.82, 2.24) is 18.9 Å². The van der Waals surface area contributed by atoms with Crippen molar-refractivity contribution in [1.29, 1.82) is 0 Å². The number of hydrogen-bond donors (Lipinski definition) is 0. The molecule has 0 aliphatic carbocycles. The van der Waals surface area contributed by atoms with E-state index >= 15 is 4.79 Å². The van der Waals surface area contributed by atoms with Crippen LogP contribution in [-0.4, -0.2) is 50.5 Å². The van der Waals surface area contributed by atoms with E-state index in [0.29, 0.717) is 43.1 Å². The standard InChI is InChI=1S/C43H47Cl2N5O4/c1-23-17-32(18-24(2)39(23)45)54-15-10-11-33-34-12-13-35(44)38(37-27(5)46-48(9)28(37)6)41(34)50-26(4)22-49(43(52)42(33)50)36-21-30(14-16-53-29(7)51)20-31-19-25(3)47(8)40(31)36/h12-13,17-21,26H,10-11,14-16,22H2,1-9H3/t26-/m1/s1. The number of carbonyl (C=O) groups is 2. The zero-order chi connectivity index (χ0) is 38.7. The van der Waals surface area contributed by atoms with Gasteiger partial charge in [-0.15, -0.1) is 0 Å². The molecule has 0 unspecified atom stereocenters. The Hall–Kier alpha value is -4.73. The maximum atomic E-state index is 15.3. The average Bonchev–Trinajstić information content (AvgIpc) is 3.69. The number of benzene rings is 3. The molecule has 282 valence electrons. The molecule has 0 saturated heterocycles. The quantitative estimate of drug-likeness (QED) is 0.102. The molecule has 54 heavy (non-hydrogen) atoms. The lowest BCUT2D eigenvalue weighted by atomic mass is 9.98. The van der Waals surface area contributed by atoms with E-state index in [0.717, 1.165) is 88.7 Å². The van der Waals surface area contributed by atoms with Gasteiger partial charge in [0.25, 0.3) is 5.91 Å². The zero-order valence-electron chi connectivity index (χ0n) is 32.5. The van der Waals surface area contributed by atoms with Crippen LogP contribution in [-0.2, 0) is 36.5 Å². The third-order valence-electron chi connectivity index (χ3n) is 11.0. The fourth-order valence-corrected chi connectivity index (χ4v) is 8.63. The Morgan fingerprint density at radius 2 is 1.65 bits per heavy atom. The molecule has 6 aromatic rings. The highest BCUT2D eigenvalue weighted by atomic mass is 35.5. The number of hydrogen-bond acceptors (Lipinski definition) is 5. The molecule has 0 saturated carbocycles. The number of halogens is 2. The summed E-state index contributed by atoms with van der Waals surface area (Å²) in [5, 5.41) is 8.15. The Morgan fingerprint density at radius 3 is 2.31 bits per heavy atom. The molecule has 1 aliphatic rings. The van der Waals surface area contributed by atoms with Crippen LogP contribution < -0.4 is 9.64 Å². The van der Waals surface area contributed by atoms with Crippen LogP contribution in [0.15, 0.2) is 42.5 Å². The van der Waals surface area contributed by atoms with E-state index in [1.165, 1.54) is 6.92 Å². The lowest BCUT2D eigenvalue weighted by molar-refractivity contribution is -0.140. The number of ether oxygens (including phenoxy) is 2. The average molecular weight is 769 g/mol. The highest BCUT2D eigenvalue weighted by Gasteiger charge is 2.37. The van der Waals surface area contributed by atoms with Gasteiger partial charge in [-0.2, -0.15) is 5.10 Å². The van der Waals surface area contributed by atoms with Gasteiger partial charge >= 0.3 is 5.97 Å². The smallest absolute Gasteiger partial charge is 0.302 e. The summed E-state index contributed by atoms with van der Waals surface area (Å²) in [6.07, 6.45) is 1.84. The number of carbonyl (C=O) groups excluding carboxylic acids is 2. The summed E-state index contributed by atoms with van der Waals surface area (Å²) in [6, 6.07) is 14.2. The van der Waals surface area contributed by atoms with Crippen LogP contribution in [0.1, 0.15) is 76.1 Å². The van der Waals surface area contributed by atoms with Gasteiger partial charge in [-0.1, -0.05) is 29.3 Å². The van der Waals surface area contributed by atoms with E-state index in [1.807, 2.05) is 62.6 Å². The van der Waals surface area contributed by atoms with E-state index < -0.39 is 0 Å². The van der Waals surface area contributed by atoms with Crippen LogP contribution >= 0.6 is 23.2 Å². The van der Waals surface area contributed by atoms with E-state index in [9.17, 15) is 4.79 Å². The van der Waals surface area contributed by atoms with Crippen molar-refractivity contribution < 1.29 is 19.1 Å². The van der Waals surface area contributed by atoms with Gasteiger partial charge < -0.3 is 23.5 Å². The summed E-state index contributed by atoms with van der Waals surface area (Å²) < 4.78 is 17.8. The second-order valence-electron chi connectivity index (χ2n) is 14.8. The second-order valence-corrected chi connectivity index (χ2v) is 15.5. The number of rotatable bonds is 10. The number of amides is 1. The van der Waals surface area contributed by atoms with E-state index in [2.05, 4.69) is 54.2 Å². The predicted molar refractivity (Wildman–Crippen MR) is 218 cm³/mol. The van der Waals surface area contributed by atoms with Crippen LogP contribution in [0.3, 0.4) is 0 Å². The minimum absolute atomic E-state index is 0.0665. The number of anilines is 1. The largest absolute Gasteiger partial charge is 0.494 e.